The number of Topliss-reactive ketones (excluding diaryl/α,β-unsaturated/α-hetero) is 1. The fourth-order valence-corrected chi connectivity index (χ4v) is 3.22. The molecule has 3 rings (SSSR count). The fourth-order valence-electron chi connectivity index (χ4n) is 3.22. The van der Waals surface area contributed by atoms with Crippen LogP contribution in [0.1, 0.15) is 74.8 Å². The Morgan fingerprint density at radius 1 is 0.815 bits per heavy atom. The Morgan fingerprint density at radius 2 is 1.44 bits per heavy atom. The molecule has 138 valence electrons. The largest absolute Gasteiger partial charge is 0.352 e. The van der Waals surface area contributed by atoms with Gasteiger partial charge in [-0.25, -0.2) is 0 Å². The van der Waals surface area contributed by atoms with Crippen molar-refractivity contribution in [2.24, 2.45) is 0 Å². The Hall–Kier alpha value is -3.08. The van der Waals surface area contributed by atoms with Crippen LogP contribution >= 0.6 is 0 Å². The lowest BCUT2D eigenvalue weighted by Crippen LogP contribution is -2.26. The first-order valence-electron chi connectivity index (χ1n) is 9.09. The third-order valence-electron chi connectivity index (χ3n) is 4.68. The Bertz CT molecular complexity index is 930. The van der Waals surface area contributed by atoms with E-state index in [1.807, 2.05) is 0 Å². The molecule has 0 radical (unpaired) electrons. The average Bonchev–Trinajstić information content (AvgIpc) is 2.68. The number of carbonyl (C=O) groups is 4. The van der Waals surface area contributed by atoms with Gasteiger partial charge in [0.25, 0.3) is 5.91 Å². The van der Waals surface area contributed by atoms with Crippen LogP contribution in [0.4, 0.5) is 0 Å². The zero-order valence-corrected chi connectivity index (χ0v) is 15.2. The van der Waals surface area contributed by atoms with Crippen LogP contribution in [0.25, 0.3) is 0 Å². The van der Waals surface area contributed by atoms with E-state index in [0.717, 1.165) is 19.3 Å². The van der Waals surface area contributed by atoms with Crippen LogP contribution < -0.4 is 5.32 Å². The number of carbonyl (C=O) groups excluding carboxylic acids is 4. The van der Waals surface area contributed by atoms with Gasteiger partial charge in [0.15, 0.2) is 11.6 Å². The van der Waals surface area contributed by atoms with Crippen molar-refractivity contribution in [1.29, 1.82) is 0 Å². The normalized spacial score (nSPS) is 12.3. The quantitative estimate of drug-likeness (QED) is 0.653. The average molecular weight is 363 g/mol. The maximum absolute atomic E-state index is 12.7. The molecule has 0 bridgehead atoms. The highest BCUT2D eigenvalue weighted by Gasteiger charge is 2.29. The van der Waals surface area contributed by atoms with E-state index < -0.39 is 0 Å². The lowest BCUT2D eigenvalue weighted by atomic mass is 9.83. The molecule has 2 aromatic carbocycles. The molecule has 2 aromatic rings. The molecule has 1 aliphatic carbocycles. The summed E-state index contributed by atoms with van der Waals surface area (Å²) in [5.41, 5.74) is 1.74. The molecule has 27 heavy (non-hydrogen) atoms. The number of amides is 1. The number of unbranched alkanes of at least 4 members (excludes halogenated alkanes) is 2. The molecule has 0 fully saturated rings. The second-order valence-electron chi connectivity index (χ2n) is 6.73. The summed E-state index contributed by atoms with van der Waals surface area (Å²) in [6.07, 6.45) is 3.04. The maximum atomic E-state index is 12.7. The molecule has 0 saturated heterocycles. The molecular formula is C22H21NO4. The number of hydrogen-bond acceptors (Lipinski definition) is 4. The van der Waals surface area contributed by atoms with E-state index in [1.54, 1.807) is 43.3 Å². The third kappa shape index (κ3) is 4.03. The van der Waals surface area contributed by atoms with Crippen molar-refractivity contribution >= 4 is 23.3 Å². The van der Waals surface area contributed by atoms with Gasteiger partial charge in [0.1, 0.15) is 5.78 Å². The highest BCUT2D eigenvalue weighted by molar-refractivity contribution is 6.28. The first kappa shape index (κ1) is 18.7. The van der Waals surface area contributed by atoms with E-state index in [1.165, 1.54) is 6.07 Å². The number of fused-ring (bicyclic) bond motifs is 2. The first-order chi connectivity index (χ1) is 13.0. The zero-order valence-electron chi connectivity index (χ0n) is 15.2. The molecular weight excluding hydrogens is 342 g/mol. The van der Waals surface area contributed by atoms with Crippen molar-refractivity contribution in [1.82, 2.24) is 5.32 Å². The van der Waals surface area contributed by atoms with Gasteiger partial charge in [-0.05, 0) is 38.0 Å². The standard InChI is InChI=1S/C22H21NO4/c1-14(24)7-3-2-6-12-23-22(27)15-10-11-18-19(13-15)21(26)17-9-5-4-8-16(17)20(18)25/h4-5,8-11,13H,2-3,6-7,12H2,1H3,(H,23,27). The molecule has 1 aliphatic rings. The van der Waals surface area contributed by atoms with Crippen LogP contribution in [0.5, 0.6) is 0 Å². The second kappa shape index (κ2) is 8.08. The summed E-state index contributed by atoms with van der Waals surface area (Å²) in [4.78, 5) is 48.5. The van der Waals surface area contributed by atoms with E-state index in [-0.39, 0.29) is 28.8 Å². The van der Waals surface area contributed by atoms with Crippen LogP contribution in [0, 0.1) is 0 Å². The minimum absolute atomic E-state index is 0.175. The van der Waals surface area contributed by atoms with Gasteiger partial charge in [-0.3, -0.25) is 14.4 Å². The summed E-state index contributed by atoms with van der Waals surface area (Å²) in [5.74, 6) is -0.533. The van der Waals surface area contributed by atoms with E-state index >= 15 is 0 Å². The molecule has 0 saturated carbocycles. The third-order valence-corrected chi connectivity index (χ3v) is 4.68. The molecule has 0 unspecified atom stereocenters. The molecule has 1 amide bonds. The zero-order chi connectivity index (χ0) is 19.4. The van der Waals surface area contributed by atoms with E-state index in [9.17, 15) is 19.2 Å². The number of hydrogen-bond donors (Lipinski definition) is 1. The van der Waals surface area contributed by atoms with E-state index in [0.29, 0.717) is 35.2 Å². The maximum Gasteiger partial charge on any atom is 0.251 e. The number of ketones is 3. The summed E-state index contributed by atoms with van der Waals surface area (Å²) < 4.78 is 0. The van der Waals surface area contributed by atoms with Crippen LogP contribution in [-0.2, 0) is 4.79 Å². The van der Waals surface area contributed by atoms with Crippen molar-refractivity contribution in [3.05, 3.63) is 70.3 Å². The summed E-state index contributed by atoms with van der Waals surface area (Å²) in [6, 6.07) is 11.3. The number of nitrogens with one attached hydrogen (secondary N) is 1. The smallest absolute Gasteiger partial charge is 0.251 e. The van der Waals surface area contributed by atoms with Gasteiger partial charge in [0.05, 0.1) is 0 Å². The topological polar surface area (TPSA) is 80.3 Å². The van der Waals surface area contributed by atoms with Crippen LogP contribution in [0.15, 0.2) is 42.5 Å². The van der Waals surface area contributed by atoms with Gasteiger partial charge in [-0.2, -0.15) is 0 Å². The highest BCUT2D eigenvalue weighted by atomic mass is 16.2. The molecule has 1 N–H and O–H groups in total. The van der Waals surface area contributed by atoms with Gasteiger partial charge in [-0.1, -0.05) is 30.7 Å². The first-order valence-corrected chi connectivity index (χ1v) is 9.09. The fraction of sp³-hybridized carbons (Fsp3) is 0.273. The second-order valence-corrected chi connectivity index (χ2v) is 6.73. The molecule has 0 atom stereocenters. The molecule has 0 aliphatic heterocycles. The van der Waals surface area contributed by atoms with E-state index in [2.05, 4.69) is 5.32 Å². The van der Waals surface area contributed by atoms with E-state index in [4.69, 9.17) is 0 Å². The monoisotopic (exact) mass is 363 g/mol. The summed E-state index contributed by atoms with van der Waals surface area (Å²) in [6.45, 7) is 2.08. The van der Waals surface area contributed by atoms with Crippen LogP contribution in [0.2, 0.25) is 0 Å². The van der Waals surface area contributed by atoms with Crippen LogP contribution in [0.3, 0.4) is 0 Å². The highest BCUT2D eigenvalue weighted by Crippen LogP contribution is 2.27. The predicted octanol–water partition coefficient (Wildman–Crippen LogP) is 3.34. The minimum atomic E-state index is -0.275. The van der Waals surface area contributed by atoms with Gasteiger partial charge >= 0.3 is 0 Å². The number of benzene rings is 2. The SMILES string of the molecule is CC(=O)CCCCCNC(=O)c1ccc2c(c1)C(=O)c1ccccc1C2=O. The summed E-state index contributed by atoms with van der Waals surface area (Å²) in [5, 5.41) is 2.82. The molecule has 5 heteroatoms. The molecule has 0 heterocycles. The lowest BCUT2D eigenvalue weighted by Gasteiger charge is -2.17. The Balaban J connectivity index is 1.67. The lowest BCUT2D eigenvalue weighted by molar-refractivity contribution is -0.117. The van der Waals surface area contributed by atoms with Crippen molar-refractivity contribution in [3.8, 4) is 0 Å². The van der Waals surface area contributed by atoms with Crippen molar-refractivity contribution in [2.75, 3.05) is 6.54 Å². The Labute approximate surface area is 157 Å². The van der Waals surface area contributed by atoms with Crippen molar-refractivity contribution in [3.63, 3.8) is 0 Å². The van der Waals surface area contributed by atoms with Crippen LogP contribution in [-0.4, -0.2) is 29.8 Å². The molecule has 0 spiro atoms. The summed E-state index contributed by atoms with van der Waals surface area (Å²) in [7, 11) is 0. The molecule has 0 aromatic heterocycles. The Kier molecular flexibility index (Phi) is 5.60. The van der Waals surface area contributed by atoms with Gasteiger partial charge < -0.3 is 10.1 Å². The van der Waals surface area contributed by atoms with Gasteiger partial charge in [0.2, 0.25) is 0 Å². The minimum Gasteiger partial charge on any atom is -0.352 e. The molecule has 5 nitrogen and oxygen atoms in total. The Morgan fingerprint density at radius 3 is 2.11 bits per heavy atom. The predicted molar refractivity (Wildman–Crippen MR) is 101 cm³/mol. The summed E-state index contributed by atoms with van der Waals surface area (Å²) >= 11 is 0. The van der Waals surface area contributed by atoms with Gasteiger partial charge in [-0.15, -0.1) is 0 Å². The van der Waals surface area contributed by atoms with Gasteiger partial charge in [0, 0.05) is 40.8 Å². The van der Waals surface area contributed by atoms with Crippen molar-refractivity contribution < 1.29 is 19.2 Å². The van der Waals surface area contributed by atoms with Crippen molar-refractivity contribution in [2.45, 2.75) is 32.6 Å². The number of rotatable bonds is 7.